The van der Waals surface area contributed by atoms with Gasteiger partial charge in [0.15, 0.2) is 5.82 Å². The van der Waals surface area contributed by atoms with E-state index in [1.165, 1.54) is 22.9 Å². The van der Waals surface area contributed by atoms with Crippen molar-refractivity contribution >= 4 is 29.5 Å². The Morgan fingerprint density at radius 2 is 1.82 bits per heavy atom. The van der Waals surface area contributed by atoms with Gasteiger partial charge in [0, 0.05) is 23.2 Å². The summed E-state index contributed by atoms with van der Waals surface area (Å²) in [4.78, 5) is 17.5. The molecule has 166 valence electrons. The fraction of sp³-hybridized carbons (Fsp3) is 0.0800. The number of ether oxygens (including phenoxy) is 1. The summed E-state index contributed by atoms with van der Waals surface area (Å²) in [7, 11) is 1.59. The third kappa shape index (κ3) is 5.45. The Hall–Kier alpha value is -3.97. The van der Waals surface area contributed by atoms with E-state index < -0.39 is 5.91 Å². The van der Waals surface area contributed by atoms with E-state index >= 15 is 0 Å². The van der Waals surface area contributed by atoms with E-state index in [1.54, 1.807) is 43.5 Å². The van der Waals surface area contributed by atoms with Crippen LogP contribution in [0.3, 0.4) is 0 Å². The number of benzene rings is 3. The summed E-state index contributed by atoms with van der Waals surface area (Å²) in [6.07, 6.45) is 3.01. The molecule has 6 nitrogen and oxygen atoms in total. The molecule has 1 heterocycles. The molecule has 0 aliphatic carbocycles. The maximum absolute atomic E-state index is 13.2. The summed E-state index contributed by atoms with van der Waals surface area (Å²) in [6, 6.07) is 20.5. The second-order valence-corrected chi connectivity index (χ2v) is 7.48. The van der Waals surface area contributed by atoms with Gasteiger partial charge in [-0.15, -0.1) is 5.10 Å². The van der Waals surface area contributed by atoms with E-state index in [-0.39, 0.29) is 11.8 Å². The number of rotatable bonds is 7. The first-order valence-electron chi connectivity index (χ1n) is 10.1. The van der Waals surface area contributed by atoms with Crippen LogP contribution in [0.15, 0.2) is 78.9 Å². The Bertz CT molecular complexity index is 1280. The van der Waals surface area contributed by atoms with Gasteiger partial charge >= 0.3 is 0 Å². The average molecular weight is 463 g/mol. The molecule has 1 aromatic heterocycles. The number of hydrogen-bond acceptors (Lipinski definition) is 5. The van der Waals surface area contributed by atoms with Crippen molar-refractivity contribution in [2.45, 2.75) is 6.54 Å². The molecule has 4 rings (SSSR count). The molecular formula is C25H20ClFN4O2. The van der Waals surface area contributed by atoms with Crippen LogP contribution in [0.25, 0.3) is 17.5 Å². The number of carbonyl (C=O) groups excluding carboxylic acids is 1. The molecule has 0 spiro atoms. The maximum atomic E-state index is 13.2. The van der Waals surface area contributed by atoms with Gasteiger partial charge in [0.2, 0.25) is 5.95 Å². The number of halogens is 2. The Balaban J connectivity index is 1.63. The molecule has 0 bridgehead atoms. The lowest BCUT2D eigenvalue weighted by Gasteiger charge is -2.06. The van der Waals surface area contributed by atoms with Gasteiger partial charge in [-0.3, -0.25) is 4.79 Å². The third-order valence-electron chi connectivity index (χ3n) is 4.84. The Kier molecular flexibility index (Phi) is 6.80. The minimum Gasteiger partial charge on any atom is -0.497 e. The van der Waals surface area contributed by atoms with Gasteiger partial charge in [0.25, 0.3) is 5.91 Å². The van der Waals surface area contributed by atoms with Gasteiger partial charge in [-0.1, -0.05) is 41.9 Å². The lowest BCUT2D eigenvalue weighted by Crippen LogP contribution is -2.14. The molecule has 1 N–H and O–H groups in total. The summed E-state index contributed by atoms with van der Waals surface area (Å²) in [5.74, 6) is 0.622. The molecular weight excluding hydrogens is 443 g/mol. The molecule has 0 aliphatic heterocycles. The normalized spacial score (nSPS) is 11.0. The zero-order valence-corrected chi connectivity index (χ0v) is 18.5. The first-order valence-corrected chi connectivity index (χ1v) is 10.5. The fourth-order valence-electron chi connectivity index (χ4n) is 3.07. The summed E-state index contributed by atoms with van der Waals surface area (Å²) < 4.78 is 19.6. The number of carbonyl (C=O) groups is 1. The number of allylic oxidation sites excluding steroid dienone is 1. The molecule has 0 amide bonds. The van der Waals surface area contributed by atoms with Crippen molar-refractivity contribution in [1.29, 1.82) is 0 Å². The summed E-state index contributed by atoms with van der Waals surface area (Å²) in [6.45, 7) is 0.336. The van der Waals surface area contributed by atoms with Crippen LogP contribution in [0.1, 0.15) is 15.9 Å². The van der Waals surface area contributed by atoms with E-state index in [9.17, 15) is 9.18 Å². The lowest BCUT2D eigenvalue weighted by atomic mass is 10.2. The zero-order valence-electron chi connectivity index (χ0n) is 17.7. The Morgan fingerprint density at radius 3 is 2.52 bits per heavy atom. The molecule has 0 saturated heterocycles. The van der Waals surface area contributed by atoms with Gasteiger partial charge in [-0.25, -0.2) is 4.39 Å². The molecule has 0 saturated carbocycles. The molecule has 0 atom stereocenters. The van der Waals surface area contributed by atoms with Crippen LogP contribution in [0, 0.1) is 5.82 Å². The third-order valence-corrected chi connectivity index (χ3v) is 5.18. The van der Waals surface area contributed by atoms with Crippen LogP contribution in [0.4, 0.5) is 10.3 Å². The summed E-state index contributed by atoms with van der Waals surface area (Å²) >= 11 is 6.18. The van der Waals surface area contributed by atoms with Gasteiger partial charge in [0.05, 0.1) is 7.11 Å². The molecule has 0 fully saturated rings. The van der Waals surface area contributed by atoms with Crippen LogP contribution in [0.5, 0.6) is 5.75 Å². The smallest absolute Gasteiger partial charge is 0.274 e. The average Bonchev–Trinajstić information content (AvgIpc) is 3.27. The number of nitrogens with one attached hydrogen (secondary N) is 1. The molecule has 0 unspecified atom stereocenters. The predicted octanol–water partition coefficient (Wildman–Crippen LogP) is 5.71. The number of aromatic nitrogens is 3. The monoisotopic (exact) mass is 462 g/mol. The van der Waals surface area contributed by atoms with E-state index in [4.69, 9.17) is 16.3 Å². The van der Waals surface area contributed by atoms with Crippen LogP contribution in [0.2, 0.25) is 5.02 Å². The van der Waals surface area contributed by atoms with E-state index in [0.29, 0.717) is 28.7 Å². The number of anilines is 1. The van der Waals surface area contributed by atoms with E-state index in [2.05, 4.69) is 15.4 Å². The van der Waals surface area contributed by atoms with Crippen LogP contribution in [-0.4, -0.2) is 27.8 Å². The van der Waals surface area contributed by atoms with Crippen molar-refractivity contribution in [3.05, 3.63) is 101 Å². The zero-order chi connectivity index (χ0) is 23.2. The van der Waals surface area contributed by atoms with Gasteiger partial charge in [0.1, 0.15) is 11.6 Å². The molecule has 4 aromatic rings. The van der Waals surface area contributed by atoms with Crippen molar-refractivity contribution in [1.82, 2.24) is 14.8 Å². The van der Waals surface area contributed by atoms with Crippen LogP contribution in [-0.2, 0) is 6.54 Å². The predicted molar refractivity (Wildman–Crippen MR) is 127 cm³/mol. The highest BCUT2D eigenvalue weighted by molar-refractivity contribution is 6.32. The van der Waals surface area contributed by atoms with Crippen LogP contribution < -0.4 is 10.1 Å². The second-order valence-electron chi connectivity index (χ2n) is 7.07. The van der Waals surface area contributed by atoms with Crippen molar-refractivity contribution in [2.24, 2.45) is 0 Å². The molecule has 33 heavy (non-hydrogen) atoms. The van der Waals surface area contributed by atoms with Gasteiger partial charge in [-0.2, -0.15) is 9.67 Å². The number of hydrogen-bond donors (Lipinski definition) is 1. The SMILES string of the molecule is COc1ccc(-c2nc(NCc3ccc(F)cc3)n(C(=O)C=Cc3ccccc3Cl)n2)cc1. The Morgan fingerprint density at radius 1 is 1.09 bits per heavy atom. The first kappa shape index (κ1) is 22.2. The molecule has 3 aromatic carbocycles. The summed E-state index contributed by atoms with van der Waals surface area (Å²) in [5, 5.41) is 8.05. The highest BCUT2D eigenvalue weighted by Crippen LogP contribution is 2.22. The summed E-state index contributed by atoms with van der Waals surface area (Å²) in [5.41, 5.74) is 2.27. The lowest BCUT2D eigenvalue weighted by molar-refractivity contribution is 0.0957. The van der Waals surface area contributed by atoms with Gasteiger partial charge < -0.3 is 10.1 Å². The molecule has 0 aliphatic rings. The second kappa shape index (κ2) is 10.1. The highest BCUT2D eigenvalue weighted by Gasteiger charge is 2.16. The molecule has 0 radical (unpaired) electrons. The fourth-order valence-corrected chi connectivity index (χ4v) is 3.27. The van der Waals surface area contributed by atoms with Crippen molar-refractivity contribution in [3.63, 3.8) is 0 Å². The standard InChI is InChI=1S/C25H20ClFN4O2/c1-33-21-13-8-19(9-14-21)24-29-25(28-16-17-6-11-20(27)12-7-17)31(30-24)23(32)15-10-18-4-2-3-5-22(18)26/h2-15H,16H2,1H3,(H,28,29,30). The molecule has 8 heteroatoms. The number of nitrogens with zero attached hydrogens (tertiary/aromatic N) is 3. The van der Waals surface area contributed by atoms with Crippen LogP contribution >= 0.6 is 11.6 Å². The van der Waals surface area contributed by atoms with E-state index in [0.717, 1.165) is 11.1 Å². The van der Waals surface area contributed by atoms with E-state index in [1.807, 2.05) is 30.3 Å². The first-order chi connectivity index (χ1) is 16.0. The minimum absolute atomic E-state index is 0.263. The van der Waals surface area contributed by atoms with Crippen molar-refractivity contribution in [3.8, 4) is 17.1 Å². The van der Waals surface area contributed by atoms with Crippen molar-refractivity contribution < 1.29 is 13.9 Å². The van der Waals surface area contributed by atoms with Crippen molar-refractivity contribution in [2.75, 3.05) is 12.4 Å². The minimum atomic E-state index is -0.399. The maximum Gasteiger partial charge on any atom is 0.274 e. The Labute approximate surface area is 195 Å². The topological polar surface area (TPSA) is 69.0 Å². The van der Waals surface area contributed by atoms with Gasteiger partial charge in [-0.05, 0) is 59.7 Å². The quantitative estimate of drug-likeness (QED) is 0.356. The largest absolute Gasteiger partial charge is 0.497 e. The number of methoxy groups -OCH3 is 1. The highest BCUT2D eigenvalue weighted by atomic mass is 35.5.